The van der Waals surface area contributed by atoms with Gasteiger partial charge in [-0.15, -0.1) is 0 Å². The third-order valence-electron chi connectivity index (χ3n) is 4.03. The number of carbonyl (C=O) groups is 3. The van der Waals surface area contributed by atoms with Crippen LogP contribution in [0.2, 0.25) is 0 Å². The highest BCUT2D eigenvalue weighted by atomic mass is 16.5. The monoisotopic (exact) mass is 374 g/mol. The number of nitrogens with zero attached hydrogens (tertiary/aromatic N) is 2. The van der Waals surface area contributed by atoms with Gasteiger partial charge in [-0.25, -0.2) is 4.79 Å². The van der Waals surface area contributed by atoms with Gasteiger partial charge in [0.05, 0.1) is 17.9 Å². The molecule has 0 fully saturated rings. The van der Waals surface area contributed by atoms with Crippen molar-refractivity contribution in [2.45, 2.75) is 13.0 Å². The van der Waals surface area contributed by atoms with Crippen molar-refractivity contribution in [2.75, 3.05) is 30.8 Å². The summed E-state index contributed by atoms with van der Waals surface area (Å²) in [7, 11) is 1.48. The first-order valence-corrected chi connectivity index (χ1v) is 8.09. The molecule has 1 aromatic heterocycles. The van der Waals surface area contributed by atoms with Gasteiger partial charge in [-0.3, -0.25) is 9.59 Å². The van der Waals surface area contributed by atoms with Crippen molar-refractivity contribution in [2.24, 2.45) is 0 Å². The number of nitrogens with one attached hydrogen (secondary N) is 1. The average molecular weight is 374 g/mol. The van der Waals surface area contributed by atoms with Crippen molar-refractivity contribution in [3.8, 4) is 5.75 Å². The average Bonchev–Trinajstić information content (AvgIpc) is 3.02. The number of carbonyl (C=O) groups excluding carboxylic acids is 3. The van der Waals surface area contributed by atoms with E-state index in [1.165, 1.54) is 18.9 Å². The van der Waals surface area contributed by atoms with Gasteiger partial charge >= 0.3 is 5.97 Å². The van der Waals surface area contributed by atoms with Crippen LogP contribution in [0.25, 0.3) is 0 Å². The molecule has 0 radical (unpaired) electrons. The SMILES string of the molecule is CNC(=O)C1CN(C(=O)COC(=O)c2c(C)noc2N)c2ccccc2O1. The molecule has 10 nitrogen and oxygen atoms in total. The number of likely N-dealkylation sites (N-methyl/N-ethyl adjacent to an activating group) is 1. The molecule has 3 N–H and O–H groups in total. The summed E-state index contributed by atoms with van der Waals surface area (Å²) < 4.78 is 15.4. The Morgan fingerprint density at radius 2 is 2.11 bits per heavy atom. The number of para-hydroxylation sites is 2. The summed E-state index contributed by atoms with van der Waals surface area (Å²) in [5, 5.41) is 6.05. The van der Waals surface area contributed by atoms with E-state index in [1.807, 2.05) is 0 Å². The predicted molar refractivity (Wildman–Crippen MR) is 93.2 cm³/mol. The molecular weight excluding hydrogens is 356 g/mol. The van der Waals surface area contributed by atoms with Crippen LogP contribution in [-0.2, 0) is 14.3 Å². The fourth-order valence-electron chi connectivity index (χ4n) is 2.68. The van der Waals surface area contributed by atoms with Gasteiger partial charge in [0.1, 0.15) is 11.3 Å². The summed E-state index contributed by atoms with van der Waals surface area (Å²) in [6.07, 6.45) is -0.875. The van der Waals surface area contributed by atoms with E-state index in [4.69, 9.17) is 19.7 Å². The fraction of sp³-hybridized carbons (Fsp3) is 0.294. The largest absolute Gasteiger partial charge is 0.477 e. The molecule has 1 aromatic carbocycles. The minimum atomic E-state index is -0.875. The quantitative estimate of drug-likeness (QED) is 0.727. The van der Waals surface area contributed by atoms with Crippen molar-refractivity contribution in [1.29, 1.82) is 0 Å². The number of hydrogen-bond donors (Lipinski definition) is 2. The number of amides is 2. The van der Waals surface area contributed by atoms with Gasteiger partial charge in [0.2, 0.25) is 5.88 Å². The molecule has 27 heavy (non-hydrogen) atoms. The van der Waals surface area contributed by atoms with Crippen molar-refractivity contribution in [1.82, 2.24) is 10.5 Å². The number of esters is 1. The minimum Gasteiger partial charge on any atom is -0.477 e. The number of anilines is 2. The summed E-state index contributed by atoms with van der Waals surface area (Å²) in [6.45, 7) is 0.976. The zero-order valence-electron chi connectivity index (χ0n) is 14.7. The van der Waals surface area contributed by atoms with Gasteiger partial charge in [0, 0.05) is 7.05 Å². The van der Waals surface area contributed by atoms with Crippen LogP contribution < -0.4 is 20.7 Å². The molecule has 1 atom stereocenters. The number of aromatic nitrogens is 1. The molecule has 2 aromatic rings. The second-order valence-electron chi connectivity index (χ2n) is 5.78. The molecule has 142 valence electrons. The van der Waals surface area contributed by atoms with Crippen LogP contribution >= 0.6 is 0 Å². The summed E-state index contributed by atoms with van der Waals surface area (Å²) in [5.41, 5.74) is 6.27. The molecule has 0 saturated heterocycles. The summed E-state index contributed by atoms with van der Waals surface area (Å²) in [4.78, 5) is 38.1. The smallest absolute Gasteiger partial charge is 0.346 e. The van der Waals surface area contributed by atoms with Gasteiger partial charge in [-0.05, 0) is 19.1 Å². The summed E-state index contributed by atoms with van der Waals surface area (Å²) >= 11 is 0. The number of rotatable bonds is 4. The molecule has 3 rings (SSSR count). The second kappa shape index (κ2) is 7.36. The lowest BCUT2D eigenvalue weighted by molar-refractivity contribution is -0.128. The van der Waals surface area contributed by atoms with Crippen LogP contribution in [0.4, 0.5) is 11.6 Å². The lowest BCUT2D eigenvalue weighted by Gasteiger charge is -2.33. The molecule has 0 saturated carbocycles. The highest BCUT2D eigenvalue weighted by Crippen LogP contribution is 2.33. The second-order valence-corrected chi connectivity index (χ2v) is 5.78. The number of benzene rings is 1. The van der Waals surface area contributed by atoms with Gasteiger partial charge < -0.3 is 29.9 Å². The number of hydrogen-bond acceptors (Lipinski definition) is 8. The van der Waals surface area contributed by atoms with E-state index in [9.17, 15) is 14.4 Å². The molecule has 2 amide bonds. The molecular formula is C17H18N4O6. The van der Waals surface area contributed by atoms with E-state index in [2.05, 4.69) is 10.5 Å². The lowest BCUT2D eigenvalue weighted by atomic mass is 10.1. The highest BCUT2D eigenvalue weighted by Gasteiger charge is 2.34. The first-order valence-electron chi connectivity index (χ1n) is 8.09. The van der Waals surface area contributed by atoms with Crippen LogP contribution in [0.3, 0.4) is 0 Å². The van der Waals surface area contributed by atoms with E-state index in [0.29, 0.717) is 11.4 Å². The number of nitrogen functional groups attached to an aromatic ring is 1. The first kappa shape index (κ1) is 18.2. The van der Waals surface area contributed by atoms with Crippen molar-refractivity contribution < 1.29 is 28.4 Å². The Labute approximate surface area is 154 Å². The Balaban J connectivity index is 1.75. The Morgan fingerprint density at radius 3 is 2.78 bits per heavy atom. The highest BCUT2D eigenvalue weighted by molar-refractivity contribution is 6.00. The molecule has 1 aliphatic rings. The Bertz CT molecular complexity index is 874. The Hall–Kier alpha value is -3.56. The molecule has 0 spiro atoms. The molecule has 0 aliphatic carbocycles. The standard InChI is InChI=1S/C17H18N4O6/c1-9-14(15(18)27-20-9)17(24)25-8-13(22)21-7-12(16(23)19-2)26-11-6-4-3-5-10(11)21/h3-6,12H,7-8,18H2,1-2H3,(H,19,23). The Kier molecular flexibility index (Phi) is 4.97. The molecule has 1 unspecified atom stereocenters. The maximum absolute atomic E-state index is 12.7. The number of fused-ring (bicyclic) bond motifs is 1. The summed E-state index contributed by atoms with van der Waals surface area (Å²) in [6, 6.07) is 6.79. The van der Waals surface area contributed by atoms with Crippen LogP contribution in [0.5, 0.6) is 5.75 Å². The number of ether oxygens (including phenoxy) is 2. The van der Waals surface area contributed by atoms with Gasteiger partial charge in [0.25, 0.3) is 11.8 Å². The first-order chi connectivity index (χ1) is 12.9. The van der Waals surface area contributed by atoms with E-state index >= 15 is 0 Å². The fourth-order valence-corrected chi connectivity index (χ4v) is 2.68. The van der Waals surface area contributed by atoms with Gasteiger partial charge in [-0.2, -0.15) is 0 Å². The molecule has 0 bridgehead atoms. The predicted octanol–water partition coefficient (Wildman–Crippen LogP) is 0.262. The van der Waals surface area contributed by atoms with E-state index in [-0.39, 0.29) is 29.6 Å². The molecule has 2 heterocycles. The van der Waals surface area contributed by atoms with Crippen LogP contribution in [0, 0.1) is 6.92 Å². The minimum absolute atomic E-state index is 0.0124. The Morgan fingerprint density at radius 1 is 1.37 bits per heavy atom. The zero-order chi connectivity index (χ0) is 19.6. The van der Waals surface area contributed by atoms with Crippen LogP contribution in [0.15, 0.2) is 28.8 Å². The normalized spacial score (nSPS) is 15.5. The van der Waals surface area contributed by atoms with Crippen LogP contribution in [0.1, 0.15) is 16.1 Å². The topological polar surface area (TPSA) is 137 Å². The zero-order valence-corrected chi connectivity index (χ0v) is 14.7. The van der Waals surface area contributed by atoms with E-state index < -0.39 is 24.6 Å². The lowest BCUT2D eigenvalue weighted by Crippen LogP contribution is -2.51. The maximum Gasteiger partial charge on any atom is 0.346 e. The van der Waals surface area contributed by atoms with Gasteiger partial charge in [-0.1, -0.05) is 17.3 Å². The van der Waals surface area contributed by atoms with E-state index in [0.717, 1.165) is 0 Å². The maximum atomic E-state index is 12.7. The van der Waals surface area contributed by atoms with Crippen molar-refractivity contribution in [3.63, 3.8) is 0 Å². The number of aryl methyl sites for hydroxylation is 1. The number of nitrogens with two attached hydrogens (primary N) is 1. The van der Waals surface area contributed by atoms with Crippen LogP contribution in [-0.4, -0.2) is 49.2 Å². The molecule has 10 heteroatoms. The van der Waals surface area contributed by atoms with Crippen molar-refractivity contribution in [3.05, 3.63) is 35.5 Å². The third-order valence-corrected chi connectivity index (χ3v) is 4.03. The van der Waals surface area contributed by atoms with E-state index in [1.54, 1.807) is 24.3 Å². The third kappa shape index (κ3) is 3.54. The van der Waals surface area contributed by atoms with Gasteiger partial charge in [0.15, 0.2) is 12.7 Å². The summed E-state index contributed by atoms with van der Waals surface area (Å²) in [5.74, 6) is -1.49. The van der Waals surface area contributed by atoms with Crippen molar-refractivity contribution >= 4 is 29.4 Å². The molecule has 1 aliphatic heterocycles.